The van der Waals surface area contributed by atoms with Gasteiger partial charge in [-0.3, -0.25) is 0 Å². The summed E-state index contributed by atoms with van der Waals surface area (Å²) in [7, 11) is 2.12. The summed E-state index contributed by atoms with van der Waals surface area (Å²) in [5, 5.41) is 4.36. The number of aromatic nitrogens is 3. The van der Waals surface area contributed by atoms with Crippen LogP contribution in [0.25, 0.3) is 11.0 Å². The summed E-state index contributed by atoms with van der Waals surface area (Å²) < 4.78 is 5.71. The molecule has 3 rings (SSSR count). The van der Waals surface area contributed by atoms with Gasteiger partial charge >= 0.3 is 0 Å². The number of nitrogens with one attached hydrogen (secondary N) is 2. The van der Waals surface area contributed by atoms with Gasteiger partial charge in [0.1, 0.15) is 17.8 Å². The zero-order valence-electron chi connectivity index (χ0n) is 10.4. The molecule has 0 radical (unpaired) electrons. The van der Waals surface area contributed by atoms with Gasteiger partial charge in [0.25, 0.3) is 0 Å². The number of hydrogen-bond acceptors (Lipinski definition) is 5. The lowest BCUT2D eigenvalue weighted by Crippen LogP contribution is -2.43. The van der Waals surface area contributed by atoms with Gasteiger partial charge in [-0.1, -0.05) is 0 Å². The number of morpholine rings is 1. The second kappa shape index (κ2) is 4.91. The van der Waals surface area contributed by atoms with Gasteiger partial charge in [0.05, 0.1) is 18.1 Å². The van der Waals surface area contributed by atoms with Crippen molar-refractivity contribution < 1.29 is 4.74 Å². The minimum atomic E-state index is 0.215. The van der Waals surface area contributed by atoms with Crippen molar-refractivity contribution >= 4 is 16.9 Å². The average Bonchev–Trinajstić information content (AvgIpc) is 2.85. The van der Waals surface area contributed by atoms with Gasteiger partial charge in [-0.2, -0.15) is 0 Å². The Morgan fingerprint density at radius 2 is 2.50 bits per heavy atom. The standard InChI is InChI=1S/C12H17N5O/c1-17-4-5-18-9(7-17)6-14-12-10-2-3-13-11(10)15-8-16-12/h2-3,8-9H,4-7H2,1H3,(H2,13,14,15,16)/t9-/m1/s1. The molecule has 6 nitrogen and oxygen atoms in total. The number of fused-ring (bicyclic) bond motifs is 1. The minimum absolute atomic E-state index is 0.215. The van der Waals surface area contributed by atoms with E-state index in [9.17, 15) is 0 Å². The van der Waals surface area contributed by atoms with Crippen LogP contribution >= 0.6 is 0 Å². The second-order valence-electron chi connectivity index (χ2n) is 4.60. The number of nitrogens with zero attached hydrogens (tertiary/aromatic N) is 3. The van der Waals surface area contributed by atoms with E-state index < -0.39 is 0 Å². The fourth-order valence-corrected chi connectivity index (χ4v) is 2.21. The fraction of sp³-hybridized carbons (Fsp3) is 0.500. The summed E-state index contributed by atoms with van der Waals surface area (Å²) in [6.45, 7) is 3.52. The van der Waals surface area contributed by atoms with Crippen LogP contribution in [0.2, 0.25) is 0 Å². The molecule has 1 atom stereocenters. The molecule has 0 amide bonds. The summed E-state index contributed by atoms with van der Waals surface area (Å²) in [6, 6.07) is 1.98. The molecule has 96 valence electrons. The van der Waals surface area contributed by atoms with E-state index in [1.165, 1.54) is 0 Å². The zero-order valence-corrected chi connectivity index (χ0v) is 10.4. The van der Waals surface area contributed by atoms with Gasteiger partial charge in [0.2, 0.25) is 0 Å². The highest BCUT2D eigenvalue weighted by atomic mass is 16.5. The van der Waals surface area contributed by atoms with Crippen molar-refractivity contribution in [1.82, 2.24) is 19.9 Å². The SMILES string of the molecule is CN1CCO[C@H](CNc2ncnc3[nH]ccc23)C1. The molecular formula is C12H17N5O. The van der Waals surface area contributed by atoms with Crippen molar-refractivity contribution in [2.75, 3.05) is 38.6 Å². The molecular weight excluding hydrogens is 230 g/mol. The normalized spacial score (nSPS) is 21.3. The number of anilines is 1. The van der Waals surface area contributed by atoms with Gasteiger partial charge in [-0.15, -0.1) is 0 Å². The van der Waals surface area contributed by atoms with Gasteiger partial charge < -0.3 is 19.9 Å². The molecule has 0 aliphatic carbocycles. The van der Waals surface area contributed by atoms with Gasteiger partial charge in [0, 0.05) is 25.8 Å². The van der Waals surface area contributed by atoms with Gasteiger partial charge in [-0.05, 0) is 13.1 Å². The highest BCUT2D eigenvalue weighted by molar-refractivity contribution is 5.86. The molecule has 0 aromatic carbocycles. The van der Waals surface area contributed by atoms with Crippen LogP contribution in [0.1, 0.15) is 0 Å². The molecule has 1 fully saturated rings. The van der Waals surface area contributed by atoms with E-state index in [2.05, 4.69) is 32.2 Å². The molecule has 2 aromatic rings. The molecule has 1 aliphatic heterocycles. The summed E-state index contributed by atoms with van der Waals surface area (Å²) >= 11 is 0. The summed E-state index contributed by atoms with van der Waals surface area (Å²) in [5.41, 5.74) is 0.856. The molecule has 3 heterocycles. The van der Waals surface area contributed by atoms with Crippen molar-refractivity contribution in [3.63, 3.8) is 0 Å². The quantitative estimate of drug-likeness (QED) is 0.836. The first-order chi connectivity index (χ1) is 8.83. The lowest BCUT2D eigenvalue weighted by atomic mass is 10.2. The first-order valence-electron chi connectivity index (χ1n) is 6.15. The van der Waals surface area contributed by atoms with Crippen LogP contribution < -0.4 is 5.32 Å². The number of H-pyrrole nitrogens is 1. The van der Waals surface area contributed by atoms with Crippen LogP contribution in [0.15, 0.2) is 18.6 Å². The largest absolute Gasteiger partial charge is 0.374 e. The maximum atomic E-state index is 5.71. The molecule has 1 saturated heterocycles. The summed E-state index contributed by atoms with van der Waals surface area (Å²) in [4.78, 5) is 13.8. The van der Waals surface area contributed by atoms with Crippen molar-refractivity contribution in [2.24, 2.45) is 0 Å². The van der Waals surface area contributed by atoms with E-state index in [0.29, 0.717) is 0 Å². The van der Waals surface area contributed by atoms with E-state index in [1.807, 2.05) is 12.3 Å². The van der Waals surface area contributed by atoms with Crippen molar-refractivity contribution in [3.8, 4) is 0 Å². The maximum Gasteiger partial charge on any atom is 0.142 e. The average molecular weight is 247 g/mol. The Hall–Kier alpha value is -1.66. The highest BCUT2D eigenvalue weighted by Gasteiger charge is 2.17. The van der Waals surface area contributed by atoms with Crippen molar-refractivity contribution in [1.29, 1.82) is 0 Å². The van der Waals surface area contributed by atoms with Gasteiger partial charge in [0.15, 0.2) is 0 Å². The minimum Gasteiger partial charge on any atom is -0.374 e. The number of ether oxygens (including phenoxy) is 1. The van der Waals surface area contributed by atoms with Crippen LogP contribution in [0.5, 0.6) is 0 Å². The maximum absolute atomic E-state index is 5.71. The molecule has 2 aromatic heterocycles. The third kappa shape index (κ3) is 2.30. The molecule has 0 bridgehead atoms. The van der Waals surface area contributed by atoms with Crippen LogP contribution in [0.3, 0.4) is 0 Å². The molecule has 0 saturated carbocycles. The smallest absolute Gasteiger partial charge is 0.142 e. The molecule has 2 N–H and O–H groups in total. The molecule has 0 spiro atoms. The Labute approximate surface area is 105 Å². The Balaban J connectivity index is 1.67. The Morgan fingerprint density at radius 1 is 1.56 bits per heavy atom. The third-order valence-corrected chi connectivity index (χ3v) is 3.19. The topological polar surface area (TPSA) is 66.1 Å². The fourth-order valence-electron chi connectivity index (χ4n) is 2.21. The van der Waals surface area contributed by atoms with Crippen LogP contribution in [0, 0.1) is 0 Å². The Kier molecular flexibility index (Phi) is 3.12. The lowest BCUT2D eigenvalue weighted by molar-refractivity contribution is -0.0117. The highest BCUT2D eigenvalue weighted by Crippen LogP contribution is 2.17. The lowest BCUT2D eigenvalue weighted by Gasteiger charge is -2.30. The molecule has 1 aliphatic rings. The first-order valence-corrected chi connectivity index (χ1v) is 6.15. The molecule has 0 unspecified atom stereocenters. The van der Waals surface area contributed by atoms with E-state index >= 15 is 0 Å². The summed E-state index contributed by atoms with van der Waals surface area (Å²) in [6.07, 6.45) is 3.65. The van der Waals surface area contributed by atoms with Crippen LogP contribution in [-0.2, 0) is 4.74 Å². The van der Waals surface area contributed by atoms with Gasteiger partial charge in [-0.25, -0.2) is 9.97 Å². The van der Waals surface area contributed by atoms with E-state index in [-0.39, 0.29) is 6.10 Å². The number of aromatic amines is 1. The predicted molar refractivity (Wildman–Crippen MR) is 69.6 cm³/mol. The van der Waals surface area contributed by atoms with Crippen molar-refractivity contribution in [2.45, 2.75) is 6.10 Å². The van der Waals surface area contributed by atoms with Crippen LogP contribution in [0.4, 0.5) is 5.82 Å². The predicted octanol–water partition coefficient (Wildman–Crippen LogP) is 0.700. The van der Waals surface area contributed by atoms with E-state index in [0.717, 1.165) is 43.1 Å². The number of rotatable bonds is 3. The molecule has 6 heteroatoms. The van der Waals surface area contributed by atoms with Crippen molar-refractivity contribution in [3.05, 3.63) is 18.6 Å². The number of hydrogen-bond donors (Lipinski definition) is 2. The number of likely N-dealkylation sites (N-methyl/N-ethyl adjacent to an activating group) is 1. The van der Waals surface area contributed by atoms with E-state index in [4.69, 9.17) is 4.74 Å². The Morgan fingerprint density at radius 3 is 3.39 bits per heavy atom. The second-order valence-corrected chi connectivity index (χ2v) is 4.60. The van der Waals surface area contributed by atoms with E-state index in [1.54, 1.807) is 6.33 Å². The van der Waals surface area contributed by atoms with Crippen LogP contribution in [-0.4, -0.2) is 59.2 Å². The first kappa shape index (κ1) is 11.4. The Bertz CT molecular complexity index is 526. The third-order valence-electron chi connectivity index (χ3n) is 3.19. The monoisotopic (exact) mass is 247 g/mol. The molecule has 18 heavy (non-hydrogen) atoms. The zero-order chi connectivity index (χ0) is 12.4. The summed E-state index contributed by atoms with van der Waals surface area (Å²) in [5.74, 6) is 0.859.